The fraction of sp³-hybridized carbons (Fsp3) is 0.333. The third kappa shape index (κ3) is 1.89. The Morgan fingerprint density at radius 1 is 1.47 bits per heavy atom. The SMILES string of the molecule is CC(C)c1c(C(N)C(=O)O)nc2ccccn12. The number of imidazole rings is 1. The van der Waals surface area contributed by atoms with E-state index in [1.165, 1.54) is 0 Å². The molecule has 2 heterocycles. The van der Waals surface area contributed by atoms with Gasteiger partial charge in [-0.25, -0.2) is 4.98 Å². The average molecular weight is 233 g/mol. The van der Waals surface area contributed by atoms with Gasteiger partial charge >= 0.3 is 5.97 Å². The number of carboxylic acid groups (broad SMARTS) is 1. The standard InChI is InChI=1S/C12H15N3O2/c1-7(2)11-10(9(13)12(16)17)14-8-5-3-4-6-15(8)11/h3-7,9H,13H2,1-2H3,(H,16,17). The molecule has 2 rings (SSSR count). The van der Waals surface area contributed by atoms with Gasteiger partial charge in [-0.1, -0.05) is 19.9 Å². The van der Waals surface area contributed by atoms with Crippen LogP contribution in [0, 0.1) is 0 Å². The second-order valence-corrected chi connectivity index (χ2v) is 4.28. The normalized spacial score (nSPS) is 13.2. The molecule has 0 fully saturated rings. The molecule has 1 unspecified atom stereocenters. The Kier molecular flexibility index (Phi) is 2.85. The lowest BCUT2D eigenvalue weighted by Crippen LogP contribution is -2.22. The molecule has 3 N–H and O–H groups in total. The molecule has 0 amide bonds. The van der Waals surface area contributed by atoms with Crippen molar-refractivity contribution in [3.8, 4) is 0 Å². The number of pyridine rings is 1. The van der Waals surface area contributed by atoms with Crippen molar-refractivity contribution in [3.63, 3.8) is 0 Å². The molecule has 0 aromatic carbocycles. The topological polar surface area (TPSA) is 80.6 Å². The quantitative estimate of drug-likeness (QED) is 0.842. The highest BCUT2D eigenvalue weighted by atomic mass is 16.4. The number of nitrogens with two attached hydrogens (primary N) is 1. The molecule has 0 radical (unpaired) electrons. The minimum atomic E-state index is -1.08. The molecule has 0 aliphatic rings. The van der Waals surface area contributed by atoms with Gasteiger partial charge in [-0.05, 0) is 18.1 Å². The van der Waals surface area contributed by atoms with E-state index in [9.17, 15) is 4.79 Å². The molecule has 2 aromatic heterocycles. The Morgan fingerprint density at radius 2 is 2.18 bits per heavy atom. The van der Waals surface area contributed by atoms with Crippen molar-refractivity contribution in [2.24, 2.45) is 5.73 Å². The average Bonchev–Trinajstić information content (AvgIpc) is 2.66. The number of hydrogen-bond donors (Lipinski definition) is 2. The van der Waals surface area contributed by atoms with Crippen LogP contribution in [0.3, 0.4) is 0 Å². The van der Waals surface area contributed by atoms with E-state index in [4.69, 9.17) is 10.8 Å². The fourth-order valence-electron chi connectivity index (χ4n) is 1.95. The van der Waals surface area contributed by atoms with Gasteiger partial charge in [0.05, 0.1) is 11.4 Å². The van der Waals surface area contributed by atoms with Gasteiger partial charge in [-0.3, -0.25) is 4.79 Å². The van der Waals surface area contributed by atoms with Crippen molar-refractivity contribution < 1.29 is 9.90 Å². The summed E-state index contributed by atoms with van der Waals surface area (Å²) in [7, 11) is 0. The smallest absolute Gasteiger partial charge is 0.326 e. The maximum absolute atomic E-state index is 11.0. The van der Waals surface area contributed by atoms with Gasteiger partial charge in [0.15, 0.2) is 0 Å². The zero-order valence-electron chi connectivity index (χ0n) is 9.79. The Balaban J connectivity index is 2.70. The number of nitrogens with zero attached hydrogens (tertiary/aromatic N) is 2. The molecule has 5 heteroatoms. The lowest BCUT2D eigenvalue weighted by molar-refractivity contribution is -0.138. The van der Waals surface area contributed by atoms with Gasteiger partial charge in [0.25, 0.3) is 0 Å². The van der Waals surface area contributed by atoms with Crippen LogP contribution in [-0.4, -0.2) is 20.5 Å². The van der Waals surface area contributed by atoms with E-state index >= 15 is 0 Å². The first kappa shape index (κ1) is 11.6. The summed E-state index contributed by atoms with van der Waals surface area (Å²) in [6, 6.07) is 4.51. The van der Waals surface area contributed by atoms with Gasteiger partial charge in [-0.2, -0.15) is 0 Å². The third-order valence-electron chi connectivity index (χ3n) is 2.70. The first-order valence-corrected chi connectivity index (χ1v) is 5.47. The lowest BCUT2D eigenvalue weighted by atomic mass is 10.0. The number of rotatable bonds is 3. The molecule has 2 aromatic rings. The first-order chi connectivity index (χ1) is 8.02. The predicted molar refractivity (Wildman–Crippen MR) is 63.8 cm³/mol. The molecule has 0 saturated heterocycles. The zero-order valence-corrected chi connectivity index (χ0v) is 9.79. The Labute approximate surface area is 98.9 Å². The van der Waals surface area contributed by atoms with E-state index in [0.717, 1.165) is 11.3 Å². The minimum Gasteiger partial charge on any atom is -0.480 e. The summed E-state index contributed by atoms with van der Waals surface area (Å²) in [5, 5.41) is 8.99. The molecule has 17 heavy (non-hydrogen) atoms. The Bertz CT molecular complexity index is 560. The molecule has 1 atom stereocenters. The number of aliphatic carboxylic acids is 1. The Hall–Kier alpha value is -1.88. The van der Waals surface area contributed by atoms with E-state index in [1.54, 1.807) is 0 Å². The summed E-state index contributed by atoms with van der Waals surface area (Å²) in [6.45, 7) is 3.99. The number of fused-ring (bicyclic) bond motifs is 1. The fourth-order valence-corrected chi connectivity index (χ4v) is 1.95. The van der Waals surface area contributed by atoms with Crippen LogP contribution >= 0.6 is 0 Å². The molecule has 0 bridgehead atoms. The van der Waals surface area contributed by atoms with Crippen LogP contribution < -0.4 is 5.73 Å². The number of carboxylic acids is 1. The molecule has 0 aliphatic carbocycles. The van der Waals surface area contributed by atoms with E-state index in [1.807, 2.05) is 42.6 Å². The monoisotopic (exact) mass is 233 g/mol. The van der Waals surface area contributed by atoms with Crippen molar-refractivity contribution in [1.29, 1.82) is 0 Å². The van der Waals surface area contributed by atoms with E-state index in [2.05, 4.69) is 4.98 Å². The second-order valence-electron chi connectivity index (χ2n) is 4.28. The number of aromatic nitrogens is 2. The summed E-state index contributed by atoms with van der Waals surface area (Å²) in [5.74, 6) is -0.900. The Morgan fingerprint density at radius 3 is 2.76 bits per heavy atom. The first-order valence-electron chi connectivity index (χ1n) is 5.47. The molecule has 90 valence electrons. The van der Waals surface area contributed by atoms with Crippen LogP contribution in [-0.2, 0) is 4.79 Å². The summed E-state index contributed by atoms with van der Waals surface area (Å²) >= 11 is 0. The van der Waals surface area contributed by atoms with Crippen LogP contribution in [0.25, 0.3) is 5.65 Å². The third-order valence-corrected chi connectivity index (χ3v) is 2.70. The van der Waals surface area contributed by atoms with Crippen molar-refractivity contribution in [2.45, 2.75) is 25.8 Å². The zero-order chi connectivity index (χ0) is 12.6. The van der Waals surface area contributed by atoms with Gasteiger partial charge in [0.1, 0.15) is 11.7 Å². The largest absolute Gasteiger partial charge is 0.480 e. The molecular weight excluding hydrogens is 218 g/mol. The minimum absolute atomic E-state index is 0.160. The highest BCUT2D eigenvalue weighted by Gasteiger charge is 2.24. The molecule has 0 aliphatic heterocycles. The summed E-state index contributed by atoms with van der Waals surface area (Å²) in [5.41, 5.74) is 7.69. The van der Waals surface area contributed by atoms with Crippen LogP contribution in [0.2, 0.25) is 0 Å². The van der Waals surface area contributed by atoms with Crippen molar-refractivity contribution in [3.05, 3.63) is 35.8 Å². The highest BCUT2D eigenvalue weighted by molar-refractivity contribution is 5.75. The van der Waals surface area contributed by atoms with Crippen molar-refractivity contribution in [1.82, 2.24) is 9.38 Å². The van der Waals surface area contributed by atoms with Gasteiger partial charge < -0.3 is 15.2 Å². The van der Waals surface area contributed by atoms with Crippen LogP contribution in [0.4, 0.5) is 0 Å². The summed E-state index contributed by atoms with van der Waals surface area (Å²) in [4.78, 5) is 15.3. The van der Waals surface area contributed by atoms with E-state index in [0.29, 0.717) is 5.69 Å². The predicted octanol–water partition coefficient (Wildman–Crippen LogP) is 1.54. The lowest BCUT2D eigenvalue weighted by Gasteiger charge is -2.10. The molecular formula is C12H15N3O2. The van der Waals surface area contributed by atoms with Gasteiger partial charge in [0.2, 0.25) is 0 Å². The number of carbonyl (C=O) groups is 1. The summed E-state index contributed by atoms with van der Waals surface area (Å²) < 4.78 is 1.89. The highest BCUT2D eigenvalue weighted by Crippen LogP contribution is 2.25. The van der Waals surface area contributed by atoms with Crippen LogP contribution in [0.1, 0.15) is 37.2 Å². The van der Waals surface area contributed by atoms with Gasteiger partial charge in [0, 0.05) is 6.20 Å². The maximum atomic E-state index is 11.0. The maximum Gasteiger partial charge on any atom is 0.326 e. The second kappa shape index (κ2) is 4.18. The van der Waals surface area contributed by atoms with E-state index in [-0.39, 0.29) is 5.92 Å². The molecule has 0 spiro atoms. The van der Waals surface area contributed by atoms with Crippen molar-refractivity contribution in [2.75, 3.05) is 0 Å². The van der Waals surface area contributed by atoms with Crippen molar-refractivity contribution >= 4 is 11.6 Å². The number of hydrogen-bond acceptors (Lipinski definition) is 3. The molecule has 5 nitrogen and oxygen atoms in total. The molecule has 0 saturated carbocycles. The van der Waals surface area contributed by atoms with E-state index < -0.39 is 12.0 Å². The van der Waals surface area contributed by atoms with Crippen LogP contribution in [0.15, 0.2) is 24.4 Å². The van der Waals surface area contributed by atoms with Gasteiger partial charge in [-0.15, -0.1) is 0 Å². The van der Waals surface area contributed by atoms with Crippen LogP contribution in [0.5, 0.6) is 0 Å². The summed E-state index contributed by atoms with van der Waals surface area (Å²) in [6.07, 6.45) is 1.87.